The minimum absolute atomic E-state index is 0.0503. The summed E-state index contributed by atoms with van der Waals surface area (Å²) in [6.45, 7) is 3.89. The van der Waals surface area contributed by atoms with Gasteiger partial charge in [-0.15, -0.1) is 10.2 Å². The summed E-state index contributed by atoms with van der Waals surface area (Å²) in [4.78, 5) is 23.5. The molecule has 25 heavy (non-hydrogen) atoms. The smallest absolute Gasteiger partial charge is 0.330 e. The minimum Gasteiger partial charge on any atom is -0.479 e. The molecule has 2 N–H and O–H groups in total. The van der Waals surface area contributed by atoms with Crippen LogP contribution in [0.15, 0.2) is 29.7 Å². The van der Waals surface area contributed by atoms with Crippen molar-refractivity contribution < 1.29 is 19.1 Å². The second-order valence-electron chi connectivity index (χ2n) is 5.42. The summed E-state index contributed by atoms with van der Waals surface area (Å²) in [6.07, 6.45) is 1.56. The van der Waals surface area contributed by atoms with Gasteiger partial charge in [-0.25, -0.2) is 9.18 Å². The molecule has 0 fully saturated rings. The van der Waals surface area contributed by atoms with Crippen molar-refractivity contribution in [2.45, 2.75) is 31.1 Å². The zero-order valence-electron chi connectivity index (χ0n) is 13.4. The average molecular weight is 387 g/mol. The lowest BCUT2D eigenvalue weighted by molar-refractivity contribution is -0.141. The number of carbonyl (C=O) groups excluding carboxylic acids is 1. The van der Waals surface area contributed by atoms with Gasteiger partial charge in [-0.3, -0.25) is 4.79 Å². The van der Waals surface area contributed by atoms with Crippen LogP contribution < -0.4 is 5.32 Å². The van der Waals surface area contributed by atoms with Crippen LogP contribution in [0.25, 0.3) is 0 Å². The van der Waals surface area contributed by atoms with Crippen molar-refractivity contribution in [3.63, 3.8) is 0 Å². The first-order valence-electron chi connectivity index (χ1n) is 7.29. The Hall–Kier alpha value is -2.13. The van der Waals surface area contributed by atoms with Gasteiger partial charge < -0.3 is 15.0 Å². The number of aromatic nitrogens is 3. The first kappa shape index (κ1) is 19.2. The van der Waals surface area contributed by atoms with E-state index in [1.54, 1.807) is 10.9 Å². The Morgan fingerprint density at radius 2 is 2.16 bits per heavy atom. The van der Waals surface area contributed by atoms with Gasteiger partial charge in [0.2, 0.25) is 5.91 Å². The van der Waals surface area contributed by atoms with Crippen molar-refractivity contribution in [3.05, 3.63) is 40.9 Å². The molecule has 2 rings (SSSR count). The fourth-order valence-electron chi connectivity index (χ4n) is 2.00. The number of benzene rings is 1. The summed E-state index contributed by atoms with van der Waals surface area (Å²) < 4.78 is 15.3. The second-order valence-corrected chi connectivity index (χ2v) is 6.77. The number of hydrogen-bond donors (Lipinski definition) is 2. The largest absolute Gasteiger partial charge is 0.479 e. The molecule has 134 valence electrons. The van der Waals surface area contributed by atoms with E-state index in [4.69, 9.17) is 11.6 Å². The van der Waals surface area contributed by atoms with Crippen LogP contribution in [-0.4, -0.2) is 37.5 Å². The molecule has 0 radical (unpaired) electrons. The topological polar surface area (TPSA) is 97.1 Å². The number of amides is 1. The maximum Gasteiger partial charge on any atom is 0.330 e. The molecule has 0 aliphatic rings. The fourth-order valence-corrected chi connectivity index (χ4v) is 2.97. The highest BCUT2D eigenvalue weighted by Crippen LogP contribution is 2.22. The highest BCUT2D eigenvalue weighted by Gasteiger charge is 2.23. The Bertz CT molecular complexity index is 784. The number of carboxylic acids is 1. The molecule has 0 saturated heterocycles. The van der Waals surface area contributed by atoms with E-state index in [0.717, 1.165) is 17.8 Å². The van der Waals surface area contributed by atoms with E-state index in [1.165, 1.54) is 12.1 Å². The highest BCUT2D eigenvalue weighted by atomic mass is 35.5. The van der Waals surface area contributed by atoms with Crippen molar-refractivity contribution in [1.82, 2.24) is 20.1 Å². The van der Waals surface area contributed by atoms with Crippen molar-refractivity contribution >= 4 is 35.2 Å². The van der Waals surface area contributed by atoms with Crippen LogP contribution in [0.1, 0.15) is 31.5 Å². The van der Waals surface area contributed by atoms with E-state index in [1.807, 2.05) is 13.8 Å². The predicted octanol–water partition coefficient (Wildman–Crippen LogP) is 2.69. The maximum atomic E-state index is 13.5. The van der Waals surface area contributed by atoms with E-state index in [9.17, 15) is 19.1 Å². The third kappa shape index (κ3) is 4.93. The predicted molar refractivity (Wildman–Crippen MR) is 91.1 cm³/mol. The lowest BCUT2D eigenvalue weighted by atomic mass is 10.1. The Kier molecular flexibility index (Phi) is 6.38. The molecular formula is C15H16ClFN4O3S. The Labute approximate surface area is 152 Å². The average Bonchev–Trinajstić information content (AvgIpc) is 3.02. The van der Waals surface area contributed by atoms with E-state index < -0.39 is 23.7 Å². The molecule has 1 atom stereocenters. The molecule has 1 heterocycles. The summed E-state index contributed by atoms with van der Waals surface area (Å²) in [6, 6.07) is 2.35. The molecule has 0 aliphatic carbocycles. The molecule has 1 unspecified atom stereocenters. The molecule has 10 heteroatoms. The Morgan fingerprint density at radius 1 is 1.44 bits per heavy atom. The van der Waals surface area contributed by atoms with Crippen LogP contribution in [-0.2, 0) is 9.59 Å². The van der Waals surface area contributed by atoms with Crippen LogP contribution in [0.2, 0.25) is 5.02 Å². The van der Waals surface area contributed by atoms with Gasteiger partial charge in [0.25, 0.3) is 0 Å². The van der Waals surface area contributed by atoms with Crippen molar-refractivity contribution in [1.29, 1.82) is 0 Å². The summed E-state index contributed by atoms with van der Waals surface area (Å²) in [5.74, 6) is -2.62. The van der Waals surface area contributed by atoms with Crippen molar-refractivity contribution in [2.24, 2.45) is 0 Å². The van der Waals surface area contributed by atoms with Gasteiger partial charge in [0.15, 0.2) is 11.2 Å². The number of nitrogens with zero attached hydrogens (tertiary/aromatic N) is 3. The number of hydrogen-bond acceptors (Lipinski definition) is 5. The Balaban J connectivity index is 2.04. The molecule has 0 saturated carbocycles. The van der Waals surface area contributed by atoms with Gasteiger partial charge in [-0.2, -0.15) is 0 Å². The zero-order valence-corrected chi connectivity index (χ0v) is 15.0. The standard InChI is InChI=1S/C15H16ClFN4O3S/c1-8(2)21-7-18-20-15(21)25-6-12(22)19-13(14(23)24)9-3-4-10(16)11(17)5-9/h3-5,7-8,13H,6H2,1-2H3,(H,19,22)(H,23,24). The molecule has 0 aliphatic heterocycles. The van der Waals surface area contributed by atoms with E-state index in [2.05, 4.69) is 15.5 Å². The highest BCUT2D eigenvalue weighted by molar-refractivity contribution is 7.99. The van der Waals surface area contributed by atoms with Gasteiger partial charge in [-0.1, -0.05) is 29.4 Å². The lowest BCUT2D eigenvalue weighted by Gasteiger charge is -2.15. The minimum atomic E-state index is -1.37. The molecule has 0 spiro atoms. The normalized spacial score (nSPS) is 12.2. The lowest BCUT2D eigenvalue weighted by Crippen LogP contribution is -2.35. The van der Waals surface area contributed by atoms with Gasteiger partial charge in [0, 0.05) is 6.04 Å². The third-order valence-electron chi connectivity index (χ3n) is 3.26. The fraction of sp³-hybridized carbons (Fsp3) is 0.333. The van der Waals surface area contributed by atoms with Crippen LogP contribution >= 0.6 is 23.4 Å². The molecule has 1 aromatic heterocycles. The summed E-state index contributed by atoms with van der Waals surface area (Å²) in [7, 11) is 0. The molecule has 7 nitrogen and oxygen atoms in total. The summed E-state index contributed by atoms with van der Waals surface area (Å²) in [5, 5.41) is 19.8. The van der Waals surface area contributed by atoms with Crippen molar-refractivity contribution in [3.8, 4) is 0 Å². The molecule has 1 amide bonds. The number of aliphatic carboxylic acids is 1. The van der Waals surface area contributed by atoms with E-state index in [-0.39, 0.29) is 22.4 Å². The number of thioether (sulfide) groups is 1. The quantitative estimate of drug-likeness (QED) is 0.710. The van der Waals surface area contributed by atoms with Gasteiger partial charge >= 0.3 is 5.97 Å². The number of nitrogens with one attached hydrogen (secondary N) is 1. The first-order valence-corrected chi connectivity index (χ1v) is 8.65. The Morgan fingerprint density at radius 3 is 2.76 bits per heavy atom. The van der Waals surface area contributed by atoms with Crippen LogP contribution in [0, 0.1) is 5.82 Å². The van der Waals surface area contributed by atoms with Crippen LogP contribution in [0.4, 0.5) is 4.39 Å². The molecule has 1 aromatic carbocycles. The summed E-state index contributed by atoms with van der Waals surface area (Å²) in [5.41, 5.74) is 0.0955. The SMILES string of the molecule is CC(C)n1cnnc1SCC(=O)NC(C(=O)O)c1ccc(Cl)c(F)c1. The summed E-state index contributed by atoms with van der Waals surface area (Å²) >= 11 is 6.72. The van der Waals surface area contributed by atoms with E-state index in [0.29, 0.717) is 5.16 Å². The number of carboxylic acid groups (broad SMARTS) is 1. The number of carbonyl (C=O) groups is 2. The zero-order chi connectivity index (χ0) is 18.6. The van der Waals surface area contributed by atoms with Gasteiger partial charge in [0.05, 0.1) is 10.8 Å². The second kappa shape index (κ2) is 8.30. The molecular weight excluding hydrogens is 371 g/mol. The molecule has 0 bridgehead atoms. The molecule has 2 aromatic rings. The van der Waals surface area contributed by atoms with Crippen LogP contribution in [0.5, 0.6) is 0 Å². The van der Waals surface area contributed by atoms with E-state index >= 15 is 0 Å². The number of rotatable bonds is 7. The maximum absolute atomic E-state index is 13.5. The van der Waals surface area contributed by atoms with Crippen LogP contribution in [0.3, 0.4) is 0 Å². The first-order chi connectivity index (χ1) is 11.8. The van der Waals surface area contributed by atoms with Gasteiger partial charge in [-0.05, 0) is 31.5 Å². The van der Waals surface area contributed by atoms with Gasteiger partial charge in [0.1, 0.15) is 12.1 Å². The van der Waals surface area contributed by atoms with Crippen molar-refractivity contribution in [2.75, 3.05) is 5.75 Å². The monoisotopic (exact) mass is 386 g/mol. The third-order valence-corrected chi connectivity index (χ3v) is 4.52. The number of halogens is 2.